The van der Waals surface area contributed by atoms with Gasteiger partial charge in [-0.3, -0.25) is 4.79 Å². The van der Waals surface area contributed by atoms with E-state index in [1.165, 1.54) is 4.88 Å². The number of carbonyl (C=O) groups excluding carboxylic acids is 1. The highest BCUT2D eigenvalue weighted by Crippen LogP contribution is 2.26. The van der Waals surface area contributed by atoms with Crippen molar-refractivity contribution >= 4 is 17.2 Å². The highest BCUT2D eigenvalue weighted by Gasteiger charge is 2.25. The van der Waals surface area contributed by atoms with Gasteiger partial charge in [-0.1, -0.05) is 40.2 Å². The first kappa shape index (κ1) is 15.2. The minimum Gasteiger partial charge on any atom is -0.354 e. The fraction of sp³-hybridized carbons (Fsp3) is 0.643. The molecule has 0 aliphatic heterocycles. The van der Waals surface area contributed by atoms with Crippen molar-refractivity contribution in [2.24, 2.45) is 11.7 Å². The summed E-state index contributed by atoms with van der Waals surface area (Å²) in [5, 5.41) is 5.03. The van der Waals surface area contributed by atoms with E-state index in [1.54, 1.807) is 11.3 Å². The number of nitrogens with one attached hydrogen (secondary N) is 1. The number of nitrogens with two attached hydrogens (primary N) is 1. The molecule has 0 saturated carbocycles. The molecule has 1 heterocycles. The van der Waals surface area contributed by atoms with Crippen LogP contribution in [0, 0.1) is 5.92 Å². The lowest BCUT2D eigenvalue weighted by molar-refractivity contribution is -0.123. The SMILES string of the molecule is CCC(C)C(N)C(=O)NCC(C)(C)c1cccs1. The van der Waals surface area contributed by atoms with Crippen molar-refractivity contribution in [1.29, 1.82) is 0 Å². The third-order valence-electron chi connectivity index (χ3n) is 3.45. The Bertz CT molecular complexity index is 373. The number of hydrogen-bond donors (Lipinski definition) is 2. The van der Waals surface area contributed by atoms with Gasteiger partial charge in [0.15, 0.2) is 0 Å². The molecular weight excluding hydrogens is 244 g/mol. The van der Waals surface area contributed by atoms with E-state index in [2.05, 4.69) is 30.6 Å². The molecule has 0 bridgehead atoms. The van der Waals surface area contributed by atoms with Crippen LogP contribution in [0.2, 0.25) is 0 Å². The van der Waals surface area contributed by atoms with Gasteiger partial charge < -0.3 is 11.1 Å². The Balaban J connectivity index is 2.52. The van der Waals surface area contributed by atoms with Crippen LogP contribution in [0.15, 0.2) is 17.5 Å². The van der Waals surface area contributed by atoms with Crippen molar-refractivity contribution in [2.45, 2.75) is 45.6 Å². The normalized spacial score (nSPS) is 15.2. The Kier molecular flexibility index (Phi) is 5.35. The summed E-state index contributed by atoms with van der Waals surface area (Å²) in [6.45, 7) is 8.94. The Morgan fingerprint density at radius 3 is 2.72 bits per heavy atom. The highest BCUT2D eigenvalue weighted by molar-refractivity contribution is 7.10. The Hall–Kier alpha value is -0.870. The first-order valence-corrected chi connectivity index (χ1v) is 7.33. The first-order chi connectivity index (χ1) is 8.38. The monoisotopic (exact) mass is 268 g/mol. The van der Waals surface area contributed by atoms with Crippen molar-refractivity contribution in [3.8, 4) is 0 Å². The molecule has 18 heavy (non-hydrogen) atoms. The van der Waals surface area contributed by atoms with Gasteiger partial charge in [0, 0.05) is 16.8 Å². The molecule has 1 aromatic rings. The second-order valence-electron chi connectivity index (χ2n) is 5.49. The molecule has 0 aromatic carbocycles. The summed E-state index contributed by atoms with van der Waals surface area (Å²) in [5.74, 6) is 0.170. The third-order valence-corrected chi connectivity index (χ3v) is 4.69. The maximum Gasteiger partial charge on any atom is 0.237 e. The maximum atomic E-state index is 11.9. The minimum atomic E-state index is -0.408. The van der Waals surface area contributed by atoms with E-state index in [9.17, 15) is 4.79 Å². The first-order valence-electron chi connectivity index (χ1n) is 6.45. The predicted molar refractivity (Wildman–Crippen MR) is 77.8 cm³/mol. The van der Waals surface area contributed by atoms with Crippen molar-refractivity contribution < 1.29 is 4.79 Å². The van der Waals surface area contributed by atoms with Crippen LogP contribution in [0.25, 0.3) is 0 Å². The van der Waals surface area contributed by atoms with Gasteiger partial charge in [0.1, 0.15) is 0 Å². The number of carbonyl (C=O) groups is 1. The summed E-state index contributed by atoms with van der Waals surface area (Å²) < 4.78 is 0. The molecule has 0 saturated heterocycles. The summed E-state index contributed by atoms with van der Waals surface area (Å²) in [7, 11) is 0. The van der Waals surface area contributed by atoms with Crippen molar-refractivity contribution in [3.63, 3.8) is 0 Å². The average Bonchev–Trinajstić information content (AvgIpc) is 2.88. The summed E-state index contributed by atoms with van der Waals surface area (Å²) in [5.41, 5.74) is 5.87. The fourth-order valence-corrected chi connectivity index (χ4v) is 2.54. The summed E-state index contributed by atoms with van der Waals surface area (Å²) in [6, 6.07) is 3.73. The number of rotatable bonds is 6. The summed E-state index contributed by atoms with van der Waals surface area (Å²) >= 11 is 1.72. The molecule has 0 spiro atoms. The van der Waals surface area contributed by atoms with E-state index in [0.717, 1.165) is 6.42 Å². The van der Waals surface area contributed by atoms with Gasteiger partial charge in [-0.2, -0.15) is 0 Å². The average molecular weight is 268 g/mol. The van der Waals surface area contributed by atoms with E-state index >= 15 is 0 Å². The van der Waals surface area contributed by atoms with E-state index in [4.69, 9.17) is 5.73 Å². The van der Waals surface area contributed by atoms with Gasteiger partial charge in [-0.25, -0.2) is 0 Å². The van der Waals surface area contributed by atoms with Crippen molar-refractivity contribution in [2.75, 3.05) is 6.54 Å². The van der Waals surface area contributed by atoms with Gasteiger partial charge in [0.2, 0.25) is 5.91 Å². The van der Waals surface area contributed by atoms with Gasteiger partial charge in [0.05, 0.1) is 6.04 Å². The van der Waals surface area contributed by atoms with E-state index in [0.29, 0.717) is 6.54 Å². The van der Waals surface area contributed by atoms with Crippen LogP contribution in [0.5, 0.6) is 0 Å². The smallest absolute Gasteiger partial charge is 0.237 e. The Morgan fingerprint density at radius 2 is 2.22 bits per heavy atom. The van der Waals surface area contributed by atoms with Gasteiger partial charge in [0.25, 0.3) is 0 Å². The maximum absolute atomic E-state index is 11.9. The van der Waals surface area contributed by atoms with Crippen LogP contribution in [-0.2, 0) is 10.2 Å². The van der Waals surface area contributed by atoms with Gasteiger partial charge in [-0.05, 0) is 17.4 Å². The number of thiophene rings is 1. The molecule has 0 aliphatic carbocycles. The standard InChI is InChI=1S/C14H24N2OS/c1-5-10(2)12(15)13(17)16-9-14(3,4)11-7-6-8-18-11/h6-8,10,12H,5,9,15H2,1-4H3,(H,16,17). The zero-order chi connectivity index (χ0) is 13.8. The molecule has 0 aliphatic rings. The van der Waals surface area contributed by atoms with Crippen LogP contribution in [-0.4, -0.2) is 18.5 Å². The summed E-state index contributed by atoms with van der Waals surface area (Å²) in [6.07, 6.45) is 0.920. The second-order valence-corrected chi connectivity index (χ2v) is 6.44. The Labute approximate surface area is 114 Å². The van der Waals surface area contributed by atoms with Gasteiger partial charge >= 0.3 is 0 Å². The molecule has 4 heteroatoms. The third kappa shape index (κ3) is 3.82. The zero-order valence-electron chi connectivity index (χ0n) is 11.7. The van der Waals surface area contributed by atoms with Crippen molar-refractivity contribution in [3.05, 3.63) is 22.4 Å². The van der Waals surface area contributed by atoms with Crippen LogP contribution in [0.3, 0.4) is 0 Å². The second kappa shape index (κ2) is 6.34. The predicted octanol–water partition coefficient (Wildman–Crippen LogP) is 2.52. The van der Waals surface area contributed by atoms with Crippen LogP contribution in [0.4, 0.5) is 0 Å². The Morgan fingerprint density at radius 1 is 1.56 bits per heavy atom. The lowest BCUT2D eigenvalue weighted by Crippen LogP contribution is -2.47. The lowest BCUT2D eigenvalue weighted by Gasteiger charge is -2.25. The van der Waals surface area contributed by atoms with Gasteiger partial charge in [-0.15, -0.1) is 11.3 Å². The number of amides is 1. The number of hydrogen-bond acceptors (Lipinski definition) is 3. The van der Waals surface area contributed by atoms with E-state index < -0.39 is 6.04 Å². The van der Waals surface area contributed by atoms with Crippen LogP contribution < -0.4 is 11.1 Å². The molecule has 0 fully saturated rings. The molecule has 3 N–H and O–H groups in total. The largest absolute Gasteiger partial charge is 0.354 e. The van der Waals surface area contributed by atoms with Crippen LogP contribution in [0.1, 0.15) is 39.0 Å². The lowest BCUT2D eigenvalue weighted by atomic mass is 9.91. The molecule has 102 valence electrons. The quantitative estimate of drug-likeness (QED) is 0.833. The molecule has 2 unspecified atom stereocenters. The van der Waals surface area contributed by atoms with Crippen LogP contribution >= 0.6 is 11.3 Å². The topological polar surface area (TPSA) is 55.1 Å². The summed E-state index contributed by atoms with van der Waals surface area (Å²) in [4.78, 5) is 13.2. The van der Waals surface area contributed by atoms with E-state index in [-0.39, 0.29) is 17.2 Å². The molecule has 1 amide bonds. The van der Waals surface area contributed by atoms with Crippen molar-refractivity contribution in [1.82, 2.24) is 5.32 Å². The highest BCUT2D eigenvalue weighted by atomic mass is 32.1. The molecule has 2 atom stereocenters. The molecular formula is C14H24N2OS. The molecule has 1 aromatic heterocycles. The fourth-order valence-electron chi connectivity index (χ4n) is 1.69. The molecule has 3 nitrogen and oxygen atoms in total. The molecule has 1 rings (SSSR count). The molecule has 0 radical (unpaired) electrons. The zero-order valence-corrected chi connectivity index (χ0v) is 12.5. The minimum absolute atomic E-state index is 0.0427. The van der Waals surface area contributed by atoms with E-state index in [1.807, 2.05) is 19.9 Å².